The molecule has 0 spiro atoms. The third-order valence-corrected chi connectivity index (χ3v) is 10.0. The highest BCUT2D eigenvalue weighted by Gasteiger charge is 2.35. The molecular formula is C35H23Br2Cl2FN2O4S. The fourth-order valence-corrected chi connectivity index (χ4v) is 8.06. The van der Waals surface area contributed by atoms with Gasteiger partial charge in [-0.1, -0.05) is 83.1 Å². The van der Waals surface area contributed by atoms with Gasteiger partial charge in [0, 0.05) is 21.2 Å². The van der Waals surface area contributed by atoms with Crippen molar-refractivity contribution in [2.45, 2.75) is 19.6 Å². The molecule has 4 aromatic carbocycles. The number of rotatable bonds is 8. The first-order valence-electron chi connectivity index (χ1n) is 14.2. The van der Waals surface area contributed by atoms with Crippen molar-refractivity contribution in [2.24, 2.45) is 4.99 Å². The molecule has 1 aliphatic heterocycles. The monoisotopic (exact) mass is 814 g/mol. The van der Waals surface area contributed by atoms with Crippen molar-refractivity contribution in [3.8, 4) is 5.75 Å². The number of ether oxygens (including phenoxy) is 2. The van der Waals surface area contributed by atoms with Gasteiger partial charge < -0.3 is 9.47 Å². The second-order valence-corrected chi connectivity index (χ2v) is 13.9. The van der Waals surface area contributed by atoms with E-state index in [0.717, 1.165) is 5.56 Å². The van der Waals surface area contributed by atoms with Crippen LogP contribution in [-0.2, 0) is 16.1 Å². The summed E-state index contributed by atoms with van der Waals surface area (Å²) in [6.45, 7) is 2.05. The number of hydrogen-bond donors (Lipinski definition) is 0. The molecule has 0 fully saturated rings. The summed E-state index contributed by atoms with van der Waals surface area (Å²) < 4.78 is 28.7. The molecule has 12 heteroatoms. The van der Waals surface area contributed by atoms with Gasteiger partial charge in [-0.05, 0) is 92.4 Å². The fraction of sp³-hybridized carbons (Fsp3) is 0.114. The predicted octanol–water partition coefficient (Wildman–Crippen LogP) is 8.49. The first kappa shape index (κ1) is 33.4. The molecule has 1 atom stereocenters. The molecule has 1 aromatic heterocycles. The highest BCUT2D eigenvalue weighted by Crippen LogP contribution is 2.37. The number of carbonyl (C=O) groups is 1. The van der Waals surface area contributed by atoms with Crippen LogP contribution in [0.2, 0.25) is 10.0 Å². The maximum atomic E-state index is 14.2. The van der Waals surface area contributed by atoms with Gasteiger partial charge in [-0.2, -0.15) is 0 Å². The lowest BCUT2D eigenvalue weighted by Crippen LogP contribution is -2.40. The van der Waals surface area contributed by atoms with E-state index in [1.54, 1.807) is 43.3 Å². The van der Waals surface area contributed by atoms with E-state index in [4.69, 9.17) is 37.7 Å². The van der Waals surface area contributed by atoms with Crippen LogP contribution in [0.4, 0.5) is 4.39 Å². The number of esters is 1. The minimum absolute atomic E-state index is 0.126. The minimum atomic E-state index is -0.905. The van der Waals surface area contributed by atoms with Crippen LogP contribution in [0.3, 0.4) is 0 Å². The lowest BCUT2D eigenvalue weighted by molar-refractivity contribution is -0.138. The molecule has 0 N–H and O–H groups in total. The van der Waals surface area contributed by atoms with Crippen molar-refractivity contribution in [3.05, 3.63) is 157 Å². The summed E-state index contributed by atoms with van der Waals surface area (Å²) in [4.78, 5) is 32.9. The molecule has 0 saturated carbocycles. The summed E-state index contributed by atoms with van der Waals surface area (Å²) in [5.74, 6) is -0.495. The van der Waals surface area contributed by atoms with Crippen LogP contribution < -0.4 is 19.6 Å². The maximum Gasteiger partial charge on any atom is 0.338 e. The van der Waals surface area contributed by atoms with Crippen LogP contribution >= 0.6 is 66.4 Å². The van der Waals surface area contributed by atoms with E-state index >= 15 is 0 Å². The molecule has 5 aromatic rings. The molecule has 1 aliphatic rings. The molecule has 0 saturated heterocycles. The van der Waals surface area contributed by atoms with Gasteiger partial charge in [-0.25, -0.2) is 14.2 Å². The molecule has 47 heavy (non-hydrogen) atoms. The van der Waals surface area contributed by atoms with E-state index in [2.05, 4.69) is 31.9 Å². The van der Waals surface area contributed by atoms with E-state index in [-0.39, 0.29) is 24.3 Å². The molecular weight excluding hydrogens is 794 g/mol. The van der Waals surface area contributed by atoms with Crippen LogP contribution in [0.1, 0.15) is 35.2 Å². The van der Waals surface area contributed by atoms with E-state index in [9.17, 15) is 14.0 Å². The quantitative estimate of drug-likeness (QED) is 0.148. The largest absolute Gasteiger partial charge is 0.486 e. The Kier molecular flexibility index (Phi) is 10.1. The minimum Gasteiger partial charge on any atom is -0.486 e. The summed E-state index contributed by atoms with van der Waals surface area (Å²) in [5, 5.41) is 1.03. The zero-order chi connectivity index (χ0) is 33.2. The van der Waals surface area contributed by atoms with Gasteiger partial charge in [-0.3, -0.25) is 9.36 Å². The topological polar surface area (TPSA) is 69.9 Å². The number of aromatic nitrogens is 1. The number of halogens is 5. The lowest BCUT2D eigenvalue weighted by Gasteiger charge is -2.25. The second kappa shape index (κ2) is 14.3. The average molecular weight is 817 g/mol. The van der Waals surface area contributed by atoms with Gasteiger partial charge >= 0.3 is 5.97 Å². The van der Waals surface area contributed by atoms with E-state index < -0.39 is 17.8 Å². The average Bonchev–Trinajstić information content (AvgIpc) is 3.35. The predicted molar refractivity (Wildman–Crippen MR) is 190 cm³/mol. The Bertz CT molecular complexity index is 2200. The highest BCUT2D eigenvalue weighted by molar-refractivity contribution is 9.11. The summed E-state index contributed by atoms with van der Waals surface area (Å²) in [6.07, 6.45) is 1.75. The fourth-order valence-electron chi connectivity index (χ4n) is 5.14. The van der Waals surface area contributed by atoms with Crippen molar-refractivity contribution in [2.75, 3.05) is 6.61 Å². The third-order valence-electron chi connectivity index (χ3n) is 7.26. The lowest BCUT2D eigenvalue weighted by atomic mass is 9.93. The highest BCUT2D eigenvalue weighted by atomic mass is 79.9. The summed E-state index contributed by atoms with van der Waals surface area (Å²) in [6, 6.07) is 22.9. The van der Waals surface area contributed by atoms with Crippen molar-refractivity contribution in [1.82, 2.24) is 4.57 Å². The Labute approximate surface area is 299 Å². The van der Waals surface area contributed by atoms with Gasteiger partial charge in [0.05, 0.1) is 37.4 Å². The van der Waals surface area contributed by atoms with Gasteiger partial charge in [0.25, 0.3) is 5.56 Å². The third kappa shape index (κ3) is 7.03. The molecule has 6 nitrogen and oxygen atoms in total. The van der Waals surface area contributed by atoms with Crippen molar-refractivity contribution >= 4 is 84.1 Å². The Morgan fingerprint density at radius 2 is 1.72 bits per heavy atom. The SMILES string of the molecule is CCOC(=O)C1=C(c2ccccc2)N=c2s/c(=C\c3cc(Br)c(OCc4ccc(Cl)cc4Cl)c(Br)c3)c(=O)n2[C@@H]1c1ccc(F)cc1. The maximum absolute atomic E-state index is 14.2. The Morgan fingerprint density at radius 1 is 1.02 bits per heavy atom. The molecule has 2 heterocycles. The first-order valence-corrected chi connectivity index (χ1v) is 17.4. The van der Waals surface area contributed by atoms with Crippen LogP contribution in [0.5, 0.6) is 5.75 Å². The number of benzene rings is 4. The number of thiazole rings is 1. The number of hydrogen-bond acceptors (Lipinski definition) is 6. The zero-order valence-corrected chi connectivity index (χ0v) is 30.0. The summed E-state index contributed by atoms with van der Waals surface area (Å²) >= 11 is 20.7. The van der Waals surface area contributed by atoms with Crippen LogP contribution in [0.15, 0.2) is 109 Å². The molecule has 0 radical (unpaired) electrons. The molecule has 0 bridgehead atoms. The van der Waals surface area contributed by atoms with Crippen LogP contribution in [0, 0.1) is 5.82 Å². The normalized spacial score (nSPS) is 14.5. The summed E-state index contributed by atoms with van der Waals surface area (Å²) in [5.41, 5.74) is 2.92. The van der Waals surface area contributed by atoms with Crippen molar-refractivity contribution in [3.63, 3.8) is 0 Å². The number of nitrogens with zero attached hydrogens (tertiary/aromatic N) is 2. The van der Waals surface area contributed by atoms with Crippen LogP contribution in [0.25, 0.3) is 11.8 Å². The first-order chi connectivity index (χ1) is 22.6. The van der Waals surface area contributed by atoms with Gasteiger partial charge in [0.1, 0.15) is 18.2 Å². The van der Waals surface area contributed by atoms with Crippen molar-refractivity contribution < 1.29 is 18.7 Å². The van der Waals surface area contributed by atoms with E-state index in [1.807, 2.05) is 42.5 Å². The molecule has 238 valence electrons. The number of carbonyl (C=O) groups excluding carboxylic acids is 1. The van der Waals surface area contributed by atoms with Gasteiger partial charge in [0.15, 0.2) is 4.80 Å². The Hall–Kier alpha value is -3.54. The number of fused-ring (bicyclic) bond motifs is 1. The molecule has 0 amide bonds. The van der Waals surface area contributed by atoms with Crippen LogP contribution in [-0.4, -0.2) is 17.1 Å². The van der Waals surface area contributed by atoms with E-state index in [0.29, 0.717) is 56.5 Å². The zero-order valence-electron chi connectivity index (χ0n) is 24.5. The second-order valence-electron chi connectivity index (χ2n) is 10.3. The Morgan fingerprint density at radius 3 is 2.38 bits per heavy atom. The Balaban J connectivity index is 1.46. The van der Waals surface area contributed by atoms with Gasteiger partial charge in [-0.15, -0.1) is 0 Å². The molecule has 0 aliphatic carbocycles. The standard InChI is InChI=1S/C35H23Br2Cl2FN2O4S/c1-2-45-34(44)29-30(20-6-4-3-5-7-20)41-35-42(31(29)21-9-12-24(40)13-10-21)33(43)28(47-35)16-19-14-25(36)32(26(37)15-19)46-18-22-8-11-23(38)17-27(22)39/h3-17,31H,2,18H2,1H3/b28-16-/t31-/m1/s1. The van der Waals surface area contributed by atoms with Gasteiger partial charge in [0.2, 0.25) is 0 Å². The van der Waals surface area contributed by atoms with Crippen molar-refractivity contribution in [1.29, 1.82) is 0 Å². The smallest absolute Gasteiger partial charge is 0.338 e. The molecule has 0 unspecified atom stereocenters. The summed E-state index contributed by atoms with van der Waals surface area (Å²) in [7, 11) is 0. The van der Waals surface area contributed by atoms with E-state index in [1.165, 1.54) is 28.0 Å². The molecule has 6 rings (SSSR count).